The fourth-order valence-corrected chi connectivity index (χ4v) is 3.03. The molecule has 0 radical (unpaired) electrons. The molecular weight excluding hydrogens is 158 g/mol. The lowest BCUT2D eigenvalue weighted by atomic mass is 9.85. The summed E-state index contributed by atoms with van der Waals surface area (Å²) in [4.78, 5) is 2.63. The summed E-state index contributed by atoms with van der Waals surface area (Å²) in [5, 5.41) is 0. The summed E-state index contributed by atoms with van der Waals surface area (Å²) < 4.78 is 0. The molecule has 3 aliphatic rings. The molecule has 2 aliphatic heterocycles. The van der Waals surface area contributed by atoms with Gasteiger partial charge in [-0.05, 0) is 49.7 Å². The molecule has 0 N–H and O–H groups in total. The molecule has 1 nitrogen and oxygen atoms in total. The van der Waals surface area contributed by atoms with Crippen LogP contribution in [0.25, 0.3) is 0 Å². The summed E-state index contributed by atoms with van der Waals surface area (Å²) in [5.41, 5.74) is 5.11. The minimum Gasteiger partial charge on any atom is -0.371 e. The first-order valence-electron chi connectivity index (χ1n) is 5.61. The Morgan fingerprint density at radius 3 is 2.77 bits per heavy atom. The first kappa shape index (κ1) is 7.66. The van der Waals surface area contributed by atoms with E-state index in [9.17, 15) is 0 Å². The van der Waals surface area contributed by atoms with Gasteiger partial charge in [-0.3, -0.25) is 0 Å². The van der Waals surface area contributed by atoms with Crippen molar-refractivity contribution >= 4 is 0 Å². The Morgan fingerprint density at radius 2 is 1.85 bits per heavy atom. The van der Waals surface area contributed by atoms with E-state index in [-0.39, 0.29) is 0 Å². The van der Waals surface area contributed by atoms with Crippen LogP contribution in [0.5, 0.6) is 0 Å². The molecule has 0 saturated carbocycles. The van der Waals surface area contributed by atoms with Gasteiger partial charge in [0.1, 0.15) is 0 Å². The van der Waals surface area contributed by atoms with Gasteiger partial charge >= 0.3 is 0 Å². The van der Waals surface area contributed by atoms with Crippen LogP contribution in [0.1, 0.15) is 38.5 Å². The van der Waals surface area contributed by atoms with Crippen molar-refractivity contribution in [2.24, 2.45) is 0 Å². The topological polar surface area (TPSA) is 3.24 Å². The van der Waals surface area contributed by atoms with E-state index in [1.807, 2.05) is 0 Å². The second-order valence-electron chi connectivity index (χ2n) is 4.41. The predicted octanol–water partition coefficient (Wildman–Crippen LogP) is 2.85. The SMILES string of the molecule is C1=C2CCCN3CCCC(=C23)CC1. The Kier molecular flexibility index (Phi) is 1.71. The van der Waals surface area contributed by atoms with E-state index in [1.165, 1.54) is 51.6 Å². The van der Waals surface area contributed by atoms with Gasteiger partial charge in [0.05, 0.1) is 0 Å². The summed E-state index contributed by atoms with van der Waals surface area (Å²) in [5.74, 6) is 0. The average Bonchev–Trinajstić information content (AvgIpc) is 2.19. The number of rotatable bonds is 0. The van der Waals surface area contributed by atoms with Crippen molar-refractivity contribution in [1.29, 1.82) is 0 Å². The van der Waals surface area contributed by atoms with E-state index in [1.54, 1.807) is 16.8 Å². The van der Waals surface area contributed by atoms with E-state index in [0.717, 1.165) is 0 Å². The number of hydrogen-bond donors (Lipinski definition) is 0. The van der Waals surface area contributed by atoms with Crippen molar-refractivity contribution in [3.05, 3.63) is 22.9 Å². The van der Waals surface area contributed by atoms with E-state index in [2.05, 4.69) is 11.0 Å². The van der Waals surface area contributed by atoms with Crippen LogP contribution >= 0.6 is 0 Å². The summed E-state index contributed by atoms with van der Waals surface area (Å²) in [7, 11) is 0. The van der Waals surface area contributed by atoms with Crippen LogP contribution < -0.4 is 0 Å². The van der Waals surface area contributed by atoms with Crippen LogP contribution in [0.4, 0.5) is 0 Å². The Morgan fingerprint density at radius 1 is 1.00 bits per heavy atom. The minimum atomic E-state index is 1.31. The van der Waals surface area contributed by atoms with Gasteiger partial charge in [0.2, 0.25) is 0 Å². The highest BCUT2D eigenvalue weighted by atomic mass is 15.1. The Hall–Kier alpha value is -0.720. The van der Waals surface area contributed by atoms with Gasteiger partial charge in [-0.25, -0.2) is 0 Å². The van der Waals surface area contributed by atoms with E-state index in [0.29, 0.717) is 0 Å². The van der Waals surface area contributed by atoms with Crippen molar-refractivity contribution in [1.82, 2.24) is 4.90 Å². The third kappa shape index (κ3) is 1.13. The Labute approximate surface area is 80.1 Å². The molecule has 0 unspecified atom stereocenters. The van der Waals surface area contributed by atoms with E-state index >= 15 is 0 Å². The number of hydrogen-bond acceptors (Lipinski definition) is 1. The normalized spacial score (nSPS) is 27.1. The maximum absolute atomic E-state index is 2.63. The van der Waals surface area contributed by atoms with E-state index in [4.69, 9.17) is 0 Å². The van der Waals surface area contributed by atoms with Gasteiger partial charge in [0.25, 0.3) is 0 Å². The molecule has 0 atom stereocenters. The highest BCUT2D eigenvalue weighted by Gasteiger charge is 2.27. The van der Waals surface area contributed by atoms with Crippen LogP contribution in [-0.2, 0) is 0 Å². The molecule has 3 rings (SSSR count). The largest absolute Gasteiger partial charge is 0.371 e. The fraction of sp³-hybridized carbons (Fsp3) is 0.667. The maximum Gasteiger partial charge on any atom is 0.0387 e. The highest BCUT2D eigenvalue weighted by molar-refractivity contribution is 5.40. The molecule has 0 aromatic carbocycles. The average molecular weight is 175 g/mol. The summed E-state index contributed by atoms with van der Waals surface area (Å²) in [6.45, 7) is 2.63. The number of piperidine rings is 1. The Balaban J connectivity index is 2.04. The van der Waals surface area contributed by atoms with Crippen molar-refractivity contribution in [3.8, 4) is 0 Å². The first-order valence-corrected chi connectivity index (χ1v) is 5.61. The second-order valence-corrected chi connectivity index (χ2v) is 4.41. The molecular formula is C12H17N. The summed E-state index contributed by atoms with van der Waals surface area (Å²) in [6, 6.07) is 0. The van der Waals surface area contributed by atoms with Gasteiger partial charge in [-0.2, -0.15) is 0 Å². The lowest BCUT2D eigenvalue weighted by Gasteiger charge is -2.40. The molecule has 2 heterocycles. The molecule has 13 heavy (non-hydrogen) atoms. The van der Waals surface area contributed by atoms with Crippen LogP contribution in [-0.4, -0.2) is 18.0 Å². The van der Waals surface area contributed by atoms with Gasteiger partial charge < -0.3 is 4.90 Å². The third-order valence-corrected chi connectivity index (χ3v) is 3.57. The molecule has 1 aliphatic carbocycles. The fourth-order valence-electron chi connectivity index (χ4n) is 3.03. The molecule has 0 aromatic heterocycles. The molecule has 1 heteroatoms. The zero-order chi connectivity index (χ0) is 8.67. The Bertz CT molecular complexity index is 285. The molecule has 0 amide bonds. The van der Waals surface area contributed by atoms with Crippen molar-refractivity contribution < 1.29 is 0 Å². The number of nitrogens with zero attached hydrogens (tertiary/aromatic N) is 1. The molecule has 0 spiro atoms. The molecule has 0 bridgehead atoms. The zero-order valence-electron chi connectivity index (χ0n) is 8.18. The molecule has 70 valence electrons. The quantitative estimate of drug-likeness (QED) is 0.547. The summed E-state index contributed by atoms with van der Waals surface area (Å²) >= 11 is 0. The molecule has 1 fully saturated rings. The lowest BCUT2D eigenvalue weighted by molar-refractivity contribution is 0.289. The van der Waals surface area contributed by atoms with Crippen molar-refractivity contribution in [2.45, 2.75) is 38.5 Å². The monoisotopic (exact) mass is 175 g/mol. The van der Waals surface area contributed by atoms with Crippen LogP contribution in [0.3, 0.4) is 0 Å². The third-order valence-electron chi connectivity index (χ3n) is 3.57. The van der Waals surface area contributed by atoms with Crippen LogP contribution in [0.2, 0.25) is 0 Å². The van der Waals surface area contributed by atoms with E-state index < -0.39 is 0 Å². The maximum atomic E-state index is 2.63. The molecule has 0 aromatic rings. The standard InChI is InChI=1S/C12H17N/c1-4-10-6-2-8-13-9-3-7-11(5-1)12(10)13/h4H,1-3,5-9H2. The smallest absolute Gasteiger partial charge is 0.0387 e. The van der Waals surface area contributed by atoms with Gasteiger partial charge in [-0.1, -0.05) is 6.08 Å². The van der Waals surface area contributed by atoms with Crippen LogP contribution in [0.15, 0.2) is 22.9 Å². The van der Waals surface area contributed by atoms with Gasteiger partial charge in [0, 0.05) is 18.8 Å². The summed E-state index contributed by atoms with van der Waals surface area (Å²) in [6.07, 6.45) is 10.6. The lowest BCUT2D eigenvalue weighted by Crippen LogP contribution is -2.35. The van der Waals surface area contributed by atoms with Crippen molar-refractivity contribution in [3.63, 3.8) is 0 Å². The highest BCUT2D eigenvalue weighted by Crippen LogP contribution is 2.38. The van der Waals surface area contributed by atoms with Crippen LogP contribution in [0, 0.1) is 0 Å². The zero-order valence-corrected chi connectivity index (χ0v) is 8.18. The van der Waals surface area contributed by atoms with Gasteiger partial charge in [0.15, 0.2) is 0 Å². The first-order chi connectivity index (χ1) is 6.45. The minimum absolute atomic E-state index is 1.31. The van der Waals surface area contributed by atoms with Crippen molar-refractivity contribution in [2.75, 3.05) is 13.1 Å². The van der Waals surface area contributed by atoms with Gasteiger partial charge in [-0.15, -0.1) is 0 Å². The second kappa shape index (κ2) is 2.90. The molecule has 1 saturated heterocycles. The predicted molar refractivity (Wildman–Crippen MR) is 54.4 cm³/mol. The number of allylic oxidation sites excluding steroid dienone is 3.